The van der Waals surface area contributed by atoms with Gasteiger partial charge in [0.25, 0.3) is 0 Å². The molecule has 3 aromatic rings. The number of aromatic nitrogens is 2. The number of carbonyl (C=O) groups is 1. The van der Waals surface area contributed by atoms with Gasteiger partial charge in [-0.15, -0.1) is 0 Å². The van der Waals surface area contributed by atoms with Gasteiger partial charge in [0.15, 0.2) is 0 Å². The molecule has 0 radical (unpaired) electrons. The topological polar surface area (TPSA) is 82.2 Å². The zero-order valence-corrected chi connectivity index (χ0v) is 22.6. The molecule has 0 atom stereocenters. The number of fused-ring (bicyclic) bond motifs is 1. The lowest BCUT2D eigenvalue weighted by Crippen LogP contribution is -2.41. The van der Waals surface area contributed by atoms with E-state index in [9.17, 15) is 4.79 Å². The molecule has 0 unspecified atom stereocenters. The summed E-state index contributed by atoms with van der Waals surface area (Å²) in [4.78, 5) is 24.8. The number of nitrogens with zero attached hydrogens (tertiary/aromatic N) is 3. The molecular formula is C31H40N6O. The van der Waals surface area contributed by atoms with Crippen LogP contribution in [0, 0.1) is 5.92 Å². The fourth-order valence-electron chi connectivity index (χ4n) is 5.77. The Morgan fingerprint density at radius 3 is 2.16 bits per heavy atom. The van der Waals surface area contributed by atoms with Crippen LogP contribution in [0.1, 0.15) is 67.0 Å². The molecule has 1 saturated carbocycles. The summed E-state index contributed by atoms with van der Waals surface area (Å²) in [7, 11) is 4.13. The lowest BCUT2D eigenvalue weighted by Gasteiger charge is -2.30. The molecule has 3 N–H and O–H groups in total. The standard InChI is InChI=1S/C31H40N6O/c1-37(2)29-26-15-9-10-16-27(26)34-30(36-29)33-25-19-17-22(18-20-25)21-32-31(38)35-28(23-11-5-3-6-12-23)24-13-7-4-8-14-24/h3-8,11-14,22,25,28H,9-10,15-21H2,1-2H3,(H2,32,35,38)(H,33,34,36)/t22-,25+. The number of anilines is 2. The summed E-state index contributed by atoms with van der Waals surface area (Å²) in [5, 5.41) is 9.95. The zero-order chi connectivity index (χ0) is 26.3. The van der Waals surface area contributed by atoms with Crippen molar-refractivity contribution in [3.63, 3.8) is 0 Å². The fourth-order valence-corrected chi connectivity index (χ4v) is 5.77. The van der Waals surface area contributed by atoms with E-state index in [1.807, 2.05) is 36.4 Å². The molecule has 1 heterocycles. The van der Waals surface area contributed by atoms with Crippen LogP contribution in [-0.2, 0) is 12.8 Å². The maximum Gasteiger partial charge on any atom is 0.315 e. The molecule has 1 fully saturated rings. The Hall–Kier alpha value is -3.61. The zero-order valence-electron chi connectivity index (χ0n) is 22.6. The number of benzene rings is 2. The first-order valence-electron chi connectivity index (χ1n) is 14.0. The predicted octanol–water partition coefficient (Wildman–Crippen LogP) is 5.48. The Kier molecular flexibility index (Phi) is 8.41. The monoisotopic (exact) mass is 512 g/mol. The van der Waals surface area contributed by atoms with E-state index in [0.717, 1.165) is 61.4 Å². The van der Waals surface area contributed by atoms with Crippen LogP contribution >= 0.6 is 0 Å². The summed E-state index contributed by atoms with van der Waals surface area (Å²) < 4.78 is 0. The van der Waals surface area contributed by atoms with Crippen LogP contribution in [0.4, 0.5) is 16.6 Å². The van der Waals surface area contributed by atoms with Crippen LogP contribution in [0.3, 0.4) is 0 Å². The van der Waals surface area contributed by atoms with Crippen molar-refractivity contribution in [2.45, 2.75) is 63.5 Å². The average molecular weight is 513 g/mol. The van der Waals surface area contributed by atoms with Gasteiger partial charge >= 0.3 is 6.03 Å². The number of nitrogens with one attached hydrogen (secondary N) is 3. The van der Waals surface area contributed by atoms with Crippen LogP contribution in [0.2, 0.25) is 0 Å². The molecule has 1 aromatic heterocycles. The molecular weight excluding hydrogens is 472 g/mol. The minimum Gasteiger partial charge on any atom is -0.362 e. The van der Waals surface area contributed by atoms with E-state index in [4.69, 9.17) is 9.97 Å². The fraction of sp³-hybridized carbons (Fsp3) is 0.452. The van der Waals surface area contributed by atoms with E-state index in [1.165, 1.54) is 24.1 Å². The van der Waals surface area contributed by atoms with Gasteiger partial charge in [0, 0.05) is 32.2 Å². The van der Waals surface area contributed by atoms with Gasteiger partial charge in [-0.1, -0.05) is 60.7 Å². The maximum atomic E-state index is 12.9. The second-order valence-corrected chi connectivity index (χ2v) is 10.9. The van der Waals surface area contributed by atoms with Gasteiger partial charge in [0.05, 0.1) is 11.7 Å². The number of hydrogen-bond acceptors (Lipinski definition) is 5. The van der Waals surface area contributed by atoms with Crippen LogP contribution in [0.5, 0.6) is 0 Å². The number of amides is 2. The van der Waals surface area contributed by atoms with Gasteiger partial charge < -0.3 is 20.9 Å². The molecule has 2 aromatic carbocycles. The minimum atomic E-state index is -0.180. The van der Waals surface area contributed by atoms with E-state index in [-0.39, 0.29) is 12.1 Å². The predicted molar refractivity (Wildman–Crippen MR) is 154 cm³/mol. The number of carbonyl (C=O) groups excluding carboxylic acids is 1. The van der Waals surface area contributed by atoms with Gasteiger partial charge in [0.2, 0.25) is 5.95 Å². The van der Waals surface area contributed by atoms with Crippen molar-refractivity contribution in [2.75, 3.05) is 30.9 Å². The second kappa shape index (κ2) is 12.3. The minimum absolute atomic E-state index is 0.123. The van der Waals surface area contributed by atoms with Crippen LogP contribution < -0.4 is 20.9 Å². The smallest absolute Gasteiger partial charge is 0.315 e. The number of aryl methyl sites for hydroxylation is 1. The van der Waals surface area contributed by atoms with Gasteiger partial charge in [-0.25, -0.2) is 9.78 Å². The quantitative estimate of drug-likeness (QED) is 0.372. The molecule has 2 amide bonds. The number of rotatable bonds is 8. The van der Waals surface area contributed by atoms with Crippen LogP contribution in [-0.4, -0.2) is 42.7 Å². The van der Waals surface area contributed by atoms with Crippen molar-refractivity contribution >= 4 is 17.8 Å². The summed E-state index contributed by atoms with van der Waals surface area (Å²) in [6.07, 6.45) is 8.81. The van der Waals surface area contributed by atoms with Gasteiger partial charge in [-0.05, 0) is 68.4 Å². The summed E-state index contributed by atoms with van der Waals surface area (Å²) in [5.41, 5.74) is 4.68. The average Bonchev–Trinajstić information content (AvgIpc) is 2.96. The normalized spacial score (nSPS) is 18.9. The van der Waals surface area contributed by atoms with Crippen LogP contribution in [0.25, 0.3) is 0 Å². The Labute approximate surface area is 226 Å². The largest absolute Gasteiger partial charge is 0.362 e. The Morgan fingerprint density at radius 2 is 1.53 bits per heavy atom. The van der Waals surface area contributed by atoms with Crippen molar-refractivity contribution < 1.29 is 4.79 Å². The van der Waals surface area contributed by atoms with E-state index in [1.54, 1.807) is 0 Å². The third kappa shape index (κ3) is 6.44. The van der Waals surface area contributed by atoms with E-state index < -0.39 is 0 Å². The second-order valence-electron chi connectivity index (χ2n) is 10.9. The first-order chi connectivity index (χ1) is 18.6. The summed E-state index contributed by atoms with van der Waals surface area (Å²) in [6.45, 7) is 0.689. The van der Waals surface area contributed by atoms with E-state index in [0.29, 0.717) is 18.5 Å². The highest BCUT2D eigenvalue weighted by Gasteiger charge is 2.25. The molecule has 5 rings (SSSR count). The molecule has 7 nitrogen and oxygen atoms in total. The Morgan fingerprint density at radius 1 is 0.895 bits per heavy atom. The van der Waals surface area contributed by atoms with E-state index >= 15 is 0 Å². The molecule has 7 heteroatoms. The third-order valence-electron chi connectivity index (χ3n) is 7.86. The highest BCUT2D eigenvalue weighted by Crippen LogP contribution is 2.30. The van der Waals surface area contributed by atoms with Gasteiger partial charge in [0.1, 0.15) is 5.82 Å². The van der Waals surface area contributed by atoms with Crippen molar-refractivity contribution in [3.8, 4) is 0 Å². The maximum absolute atomic E-state index is 12.9. The van der Waals surface area contributed by atoms with Crippen LogP contribution in [0.15, 0.2) is 60.7 Å². The van der Waals surface area contributed by atoms with E-state index in [2.05, 4.69) is 59.2 Å². The first kappa shape index (κ1) is 26.0. The number of urea groups is 1. The van der Waals surface area contributed by atoms with Gasteiger partial charge in [-0.2, -0.15) is 4.98 Å². The molecule has 2 aliphatic carbocycles. The molecule has 0 spiro atoms. The summed E-state index contributed by atoms with van der Waals surface area (Å²) in [5.74, 6) is 2.31. The molecule has 200 valence electrons. The van der Waals surface area contributed by atoms with Gasteiger partial charge in [-0.3, -0.25) is 0 Å². The molecule has 0 saturated heterocycles. The Balaban J connectivity index is 1.12. The lowest BCUT2D eigenvalue weighted by molar-refractivity contribution is 0.233. The number of hydrogen-bond donors (Lipinski definition) is 3. The van der Waals surface area contributed by atoms with Crippen molar-refractivity contribution in [1.82, 2.24) is 20.6 Å². The highest BCUT2D eigenvalue weighted by molar-refractivity contribution is 5.75. The summed E-state index contributed by atoms with van der Waals surface area (Å²) in [6, 6.07) is 20.3. The highest BCUT2D eigenvalue weighted by atomic mass is 16.2. The molecule has 0 bridgehead atoms. The SMILES string of the molecule is CN(C)c1nc(N[C@H]2CC[C@@H](CNC(=O)NC(c3ccccc3)c3ccccc3)CC2)nc2c1CCCC2. The Bertz CT molecular complexity index is 1150. The lowest BCUT2D eigenvalue weighted by atomic mass is 9.86. The molecule has 38 heavy (non-hydrogen) atoms. The van der Waals surface area contributed by atoms with Crippen molar-refractivity contribution in [2.24, 2.45) is 5.92 Å². The third-order valence-corrected chi connectivity index (χ3v) is 7.86. The molecule has 0 aliphatic heterocycles. The first-order valence-corrected chi connectivity index (χ1v) is 14.0. The van der Waals surface area contributed by atoms with Crippen molar-refractivity contribution in [3.05, 3.63) is 83.0 Å². The molecule has 2 aliphatic rings. The summed E-state index contributed by atoms with van der Waals surface area (Å²) >= 11 is 0. The van der Waals surface area contributed by atoms with Crippen molar-refractivity contribution in [1.29, 1.82) is 0 Å².